The average molecular weight is 358 g/mol. The van der Waals surface area contributed by atoms with Gasteiger partial charge in [0.15, 0.2) is 0 Å². The molecule has 2 heterocycles. The van der Waals surface area contributed by atoms with E-state index >= 15 is 0 Å². The predicted octanol–water partition coefficient (Wildman–Crippen LogP) is 6.22. The summed E-state index contributed by atoms with van der Waals surface area (Å²) in [7, 11) is 0. The summed E-state index contributed by atoms with van der Waals surface area (Å²) in [5, 5.41) is 0. The van der Waals surface area contributed by atoms with Crippen molar-refractivity contribution in [3.63, 3.8) is 0 Å². The summed E-state index contributed by atoms with van der Waals surface area (Å²) >= 11 is 0. The van der Waals surface area contributed by atoms with Gasteiger partial charge in [-0.15, -0.1) is 0 Å². The van der Waals surface area contributed by atoms with Crippen LogP contribution in [0.1, 0.15) is 84.3 Å². The molecule has 0 spiro atoms. The van der Waals surface area contributed by atoms with Crippen LogP contribution in [-0.4, -0.2) is 29.6 Å². The molecule has 0 aliphatic carbocycles. The number of hydrogen-bond donors (Lipinski definition) is 0. The summed E-state index contributed by atoms with van der Waals surface area (Å²) in [5.41, 5.74) is 1.36. The third-order valence-corrected chi connectivity index (χ3v) is 6.34. The van der Waals surface area contributed by atoms with Gasteiger partial charge in [0.25, 0.3) is 0 Å². The molecule has 0 amide bonds. The maximum atomic E-state index is 6.76. The zero-order valence-corrected chi connectivity index (χ0v) is 17.4. The molecule has 2 aliphatic rings. The minimum Gasteiger partial charge on any atom is -0.370 e. The molecule has 0 N–H and O–H groups in total. The second kappa shape index (κ2) is 9.37. The number of ether oxygens (including phenoxy) is 1. The van der Waals surface area contributed by atoms with E-state index in [1.54, 1.807) is 0 Å². The Kier molecular flexibility index (Phi) is 7.17. The van der Waals surface area contributed by atoms with E-state index < -0.39 is 0 Å². The highest BCUT2D eigenvalue weighted by Gasteiger charge is 2.41. The zero-order valence-electron chi connectivity index (χ0n) is 17.4. The van der Waals surface area contributed by atoms with Gasteiger partial charge in [-0.25, -0.2) is 0 Å². The lowest BCUT2D eigenvalue weighted by molar-refractivity contribution is -0.0671. The van der Waals surface area contributed by atoms with E-state index in [0.29, 0.717) is 6.10 Å². The van der Waals surface area contributed by atoms with Crippen LogP contribution in [0.5, 0.6) is 0 Å². The third kappa shape index (κ3) is 5.33. The van der Waals surface area contributed by atoms with Crippen LogP contribution in [0.15, 0.2) is 30.3 Å². The van der Waals surface area contributed by atoms with Crippen LogP contribution in [0.25, 0.3) is 0 Å². The highest BCUT2D eigenvalue weighted by atomic mass is 16.5. The van der Waals surface area contributed by atoms with Gasteiger partial charge in [-0.1, -0.05) is 58.0 Å². The average Bonchev–Trinajstić information content (AvgIpc) is 2.86. The highest BCUT2D eigenvalue weighted by Crippen LogP contribution is 2.39. The molecule has 146 valence electrons. The van der Waals surface area contributed by atoms with Crippen LogP contribution < -0.4 is 0 Å². The van der Waals surface area contributed by atoms with Crippen LogP contribution >= 0.6 is 0 Å². The molecule has 0 saturated carbocycles. The van der Waals surface area contributed by atoms with E-state index in [4.69, 9.17) is 4.74 Å². The molecule has 2 unspecified atom stereocenters. The Bertz CT molecular complexity index is 512. The van der Waals surface area contributed by atoms with Gasteiger partial charge in [0.05, 0.1) is 12.2 Å². The molecule has 0 aromatic heterocycles. The van der Waals surface area contributed by atoms with Crippen molar-refractivity contribution in [1.82, 2.24) is 4.90 Å². The predicted molar refractivity (Wildman–Crippen MR) is 110 cm³/mol. The number of hydrogen-bond acceptors (Lipinski definition) is 2. The van der Waals surface area contributed by atoms with Gasteiger partial charge < -0.3 is 4.74 Å². The van der Waals surface area contributed by atoms with Gasteiger partial charge in [-0.05, 0) is 68.9 Å². The van der Waals surface area contributed by atoms with Crippen LogP contribution in [0.3, 0.4) is 0 Å². The van der Waals surface area contributed by atoms with Crippen molar-refractivity contribution >= 4 is 0 Å². The molecule has 2 bridgehead atoms. The molecular formula is C24H39NO. The summed E-state index contributed by atoms with van der Waals surface area (Å²) in [6, 6.07) is 12.4. The van der Waals surface area contributed by atoms with Crippen molar-refractivity contribution in [2.45, 2.75) is 96.9 Å². The van der Waals surface area contributed by atoms with Crippen molar-refractivity contribution in [3.8, 4) is 0 Å². The molecule has 2 saturated heterocycles. The fourth-order valence-electron chi connectivity index (χ4n) is 4.81. The quantitative estimate of drug-likeness (QED) is 0.520. The Morgan fingerprint density at radius 3 is 2.08 bits per heavy atom. The van der Waals surface area contributed by atoms with E-state index in [-0.39, 0.29) is 6.10 Å². The first-order valence-corrected chi connectivity index (χ1v) is 11.0. The first-order chi connectivity index (χ1) is 12.5. The summed E-state index contributed by atoms with van der Waals surface area (Å²) in [6.07, 6.45) is 9.66. The molecule has 1 aromatic rings. The summed E-state index contributed by atoms with van der Waals surface area (Å²) in [4.78, 5) is 2.81. The Balaban J connectivity index is 1.60. The Morgan fingerprint density at radius 2 is 1.50 bits per heavy atom. The third-order valence-electron chi connectivity index (χ3n) is 6.34. The monoisotopic (exact) mass is 357 g/mol. The lowest BCUT2D eigenvalue weighted by Crippen LogP contribution is -2.46. The number of fused-ring (bicyclic) bond motifs is 2. The van der Waals surface area contributed by atoms with Gasteiger partial charge in [0.1, 0.15) is 0 Å². The van der Waals surface area contributed by atoms with E-state index in [1.807, 2.05) is 0 Å². The minimum absolute atomic E-state index is 0.269. The first kappa shape index (κ1) is 19.9. The van der Waals surface area contributed by atoms with E-state index in [0.717, 1.165) is 30.3 Å². The van der Waals surface area contributed by atoms with Crippen molar-refractivity contribution in [2.75, 3.05) is 6.54 Å². The van der Waals surface area contributed by atoms with E-state index in [2.05, 4.69) is 62.9 Å². The summed E-state index contributed by atoms with van der Waals surface area (Å²) in [5.74, 6) is 1.54. The molecule has 1 aromatic carbocycles. The van der Waals surface area contributed by atoms with E-state index in [9.17, 15) is 0 Å². The molecular weight excluding hydrogens is 318 g/mol. The normalized spacial score (nSPS) is 27.4. The summed E-state index contributed by atoms with van der Waals surface area (Å²) in [6.45, 7) is 10.6. The van der Waals surface area contributed by atoms with Crippen molar-refractivity contribution in [3.05, 3.63) is 35.9 Å². The molecule has 2 nitrogen and oxygen atoms in total. The zero-order chi connectivity index (χ0) is 18.5. The second-order valence-corrected chi connectivity index (χ2v) is 9.41. The first-order valence-electron chi connectivity index (χ1n) is 11.0. The van der Waals surface area contributed by atoms with Crippen LogP contribution in [-0.2, 0) is 4.74 Å². The molecule has 0 radical (unpaired) electrons. The molecule has 2 aliphatic heterocycles. The summed E-state index contributed by atoms with van der Waals surface area (Å²) < 4.78 is 6.76. The molecule has 4 atom stereocenters. The highest BCUT2D eigenvalue weighted by molar-refractivity contribution is 5.17. The fraction of sp³-hybridized carbons (Fsp3) is 0.750. The van der Waals surface area contributed by atoms with Gasteiger partial charge >= 0.3 is 0 Å². The van der Waals surface area contributed by atoms with Gasteiger partial charge in [0, 0.05) is 12.1 Å². The molecule has 2 fully saturated rings. The Morgan fingerprint density at radius 1 is 0.885 bits per heavy atom. The smallest absolute Gasteiger partial charge is 0.0828 e. The van der Waals surface area contributed by atoms with Gasteiger partial charge in [0.2, 0.25) is 0 Å². The lowest BCUT2D eigenvalue weighted by atomic mass is 9.96. The lowest BCUT2D eigenvalue weighted by Gasteiger charge is -2.40. The second-order valence-electron chi connectivity index (χ2n) is 9.41. The maximum absolute atomic E-state index is 6.76. The molecule has 26 heavy (non-hydrogen) atoms. The van der Waals surface area contributed by atoms with Gasteiger partial charge in [-0.2, -0.15) is 0 Å². The SMILES string of the molecule is CC(C)CCC(OC1C[C@H]2CC[C@@H](C1)N2CCC(C)C)c1ccccc1. The van der Waals surface area contributed by atoms with Gasteiger partial charge in [-0.3, -0.25) is 4.90 Å². The number of piperidine rings is 1. The Labute approximate surface area is 161 Å². The van der Waals surface area contributed by atoms with Crippen molar-refractivity contribution in [2.24, 2.45) is 11.8 Å². The van der Waals surface area contributed by atoms with Crippen LogP contribution in [0, 0.1) is 11.8 Å². The fourth-order valence-corrected chi connectivity index (χ4v) is 4.81. The topological polar surface area (TPSA) is 12.5 Å². The van der Waals surface area contributed by atoms with Crippen LogP contribution in [0.2, 0.25) is 0 Å². The minimum atomic E-state index is 0.269. The van der Waals surface area contributed by atoms with Crippen LogP contribution in [0.4, 0.5) is 0 Å². The molecule has 2 heteroatoms. The number of rotatable bonds is 9. The van der Waals surface area contributed by atoms with E-state index in [1.165, 1.54) is 50.6 Å². The van der Waals surface area contributed by atoms with Crippen molar-refractivity contribution < 1.29 is 4.74 Å². The largest absolute Gasteiger partial charge is 0.370 e. The Hall–Kier alpha value is -0.860. The molecule has 3 rings (SSSR count). The number of benzene rings is 1. The number of nitrogens with zero attached hydrogens (tertiary/aromatic N) is 1. The van der Waals surface area contributed by atoms with Crippen molar-refractivity contribution in [1.29, 1.82) is 0 Å². The maximum Gasteiger partial charge on any atom is 0.0828 e. The standard InChI is InChI=1S/C24H39NO/c1-18(2)10-13-24(20-8-6-5-7-9-20)26-23-16-21-11-12-22(17-23)25(21)15-14-19(3)4/h5-9,18-19,21-24H,10-17H2,1-4H3/t21-,22+,23?,24?.